The minimum Gasteiger partial charge on any atom is -0.315 e. The van der Waals surface area contributed by atoms with Crippen molar-refractivity contribution in [3.05, 3.63) is 140 Å². The Kier molecular flexibility index (Phi) is 12.1. The first-order chi connectivity index (χ1) is 26.5. The highest BCUT2D eigenvalue weighted by molar-refractivity contribution is 5.80. The lowest BCUT2D eigenvalue weighted by molar-refractivity contribution is -0.115. The molecule has 6 aromatic rings. The molecule has 2 aliphatic rings. The van der Waals surface area contributed by atoms with E-state index in [1.54, 1.807) is 34.6 Å². The van der Waals surface area contributed by atoms with Crippen molar-refractivity contribution in [3.63, 3.8) is 0 Å². The summed E-state index contributed by atoms with van der Waals surface area (Å²) >= 11 is 0. The third-order valence-electron chi connectivity index (χ3n) is 9.37. The second-order valence-electron chi connectivity index (χ2n) is 14.1. The molecule has 11 heteroatoms. The van der Waals surface area contributed by atoms with E-state index in [9.17, 15) is 14.4 Å². The van der Waals surface area contributed by atoms with Crippen LogP contribution in [-0.4, -0.2) is 72.0 Å². The third-order valence-corrected chi connectivity index (χ3v) is 9.37. The van der Waals surface area contributed by atoms with Gasteiger partial charge in [-0.3, -0.25) is 23.6 Å². The molecule has 0 unspecified atom stereocenters. The van der Waals surface area contributed by atoms with Crippen LogP contribution in [0.2, 0.25) is 0 Å². The summed E-state index contributed by atoms with van der Waals surface area (Å²) < 4.78 is 3.36. The number of likely N-dealkylation sites (tertiary alicyclic amines) is 1. The maximum absolute atomic E-state index is 12.8. The van der Waals surface area contributed by atoms with E-state index >= 15 is 0 Å². The van der Waals surface area contributed by atoms with Crippen LogP contribution in [-0.2, 0) is 18.9 Å². The van der Waals surface area contributed by atoms with Crippen LogP contribution in [0, 0.1) is 23.7 Å². The first-order valence-electron chi connectivity index (χ1n) is 18.3. The Morgan fingerprint density at radius 3 is 1.53 bits per heavy atom. The number of rotatable bonds is 3. The molecule has 0 atom stereocenters. The lowest BCUT2D eigenvalue weighted by atomic mass is 9.97. The molecule has 4 aromatic heterocycles. The van der Waals surface area contributed by atoms with Gasteiger partial charge in [0.15, 0.2) is 0 Å². The quantitative estimate of drug-likeness (QED) is 0.261. The van der Waals surface area contributed by atoms with Crippen LogP contribution in [0.25, 0.3) is 21.8 Å². The normalized spacial score (nSPS) is 13.9. The first kappa shape index (κ1) is 38.5. The summed E-state index contributed by atoms with van der Waals surface area (Å²) in [6.07, 6.45) is 3.44. The van der Waals surface area contributed by atoms with Crippen LogP contribution in [0.1, 0.15) is 73.7 Å². The second kappa shape index (κ2) is 17.3. The van der Waals surface area contributed by atoms with Crippen molar-refractivity contribution in [1.29, 1.82) is 0 Å². The molecule has 0 spiro atoms. The van der Waals surface area contributed by atoms with Gasteiger partial charge in [-0.25, -0.2) is 19.9 Å². The Labute approximate surface area is 320 Å². The zero-order valence-corrected chi connectivity index (χ0v) is 32.0. The average Bonchev–Trinajstić information content (AvgIpc) is 3.13. The lowest BCUT2D eigenvalue weighted by Crippen LogP contribution is -2.50. The summed E-state index contributed by atoms with van der Waals surface area (Å²) in [5.41, 5.74) is 4.50. The fourth-order valence-corrected chi connectivity index (χ4v) is 6.18. The monoisotopic (exact) mass is 732 g/mol. The van der Waals surface area contributed by atoms with Crippen LogP contribution < -0.4 is 16.4 Å². The van der Waals surface area contributed by atoms with Gasteiger partial charge in [-0.05, 0) is 100 Å². The van der Waals surface area contributed by atoms with E-state index in [1.807, 2.05) is 73.8 Å². The van der Waals surface area contributed by atoms with Crippen molar-refractivity contribution in [3.8, 4) is 23.7 Å². The Hall–Kier alpha value is -6.27. The van der Waals surface area contributed by atoms with Crippen molar-refractivity contribution in [2.24, 2.45) is 14.1 Å². The molecule has 0 amide bonds. The fraction of sp³-hybridized carbons (Fsp3) is 0.295. The molecule has 2 aromatic carbocycles. The first-order valence-corrected chi connectivity index (χ1v) is 18.3. The van der Waals surface area contributed by atoms with E-state index < -0.39 is 0 Å². The standard InChI is InChI=1S/C22H22N4O.C19H16N4O.C3H6O/c1-15(2)26-13-17(14-26)21-24-20-12-16(7-9-18-6-4-5-11-23-18)8-10-19(20)22(27)25(21)3;1-23-18(14-11-20-12-14)22-17-10-13(6-8-16(17)19(23)24)5-7-15-4-2-3-9-21-15;1-3(2)4/h4-6,8,10-12,15,17H,13-14H2,1-3H3;2-4,6,8-10,14,20H,11-12H2,1H3;1-2H3. The van der Waals surface area contributed by atoms with Crippen molar-refractivity contribution in [2.45, 2.75) is 45.6 Å². The number of carbonyl (C=O) groups excluding carboxylic acids is 1. The molecule has 0 radical (unpaired) electrons. The lowest BCUT2D eigenvalue weighted by Gasteiger charge is -2.42. The van der Waals surface area contributed by atoms with Gasteiger partial charge in [-0.2, -0.15) is 0 Å². The number of nitrogens with zero attached hydrogens (tertiary/aromatic N) is 7. The van der Waals surface area contributed by atoms with Crippen LogP contribution in [0.4, 0.5) is 0 Å². The number of hydrogen-bond donors (Lipinski definition) is 1. The van der Waals surface area contributed by atoms with Crippen molar-refractivity contribution in [2.75, 3.05) is 26.2 Å². The summed E-state index contributed by atoms with van der Waals surface area (Å²) in [5.74, 6) is 14.8. The number of fused-ring (bicyclic) bond motifs is 2. The van der Waals surface area contributed by atoms with Gasteiger partial charge in [0.2, 0.25) is 0 Å². The topological polar surface area (TPSA) is 128 Å². The van der Waals surface area contributed by atoms with E-state index in [0.717, 1.165) is 60.3 Å². The van der Waals surface area contributed by atoms with E-state index in [2.05, 4.69) is 57.7 Å². The van der Waals surface area contributed by atoms with Gasteiger partial charge in [0.1, 0.15) is 28.8 Å². The Bertz CT molecular complexity index is 2580. The number of carbonyl (C=O) groups is 1. The van der Waals surface area contributed by atoms with Crippen molar-refractivity contribution in [1.82, 2.24) is 39.3 Å². The molecular weight excluding hydrogens is 689 g/mol. The number of benzene rings is 2. The molecule has 2 aliphatic heterocycles. The largest absolute Gasteiger partial charge is 0.315 e. The molecule has 0 bridgehead atoms. The summed E-state index contributed by atoms with van der Waals surface area (Å²) in [7, 11) is 3.61. The average molecular weight is 733 g/mol. The summed E-state index contributed by atoms with van der Waals surface area (Å²) in [6, 6.07) is 22.9. The smallest absolute Gasteiger partial charge is 0.261 e. The second-order valence-corrected chi connectivity index (χ2v) is 14.1. The minimum atomic E-state index is -0.00821. The van der Waals surface area contributed by atoms with E-state index in [-0.39, 0.29) is 16.9 Å². The molecule has 8 rings (SSSR count). The molecule has 1 N–H and O–H groups in total. The van der Waals surface area contributed by atoms with E-state index in [4.69, 9.17) is 9.97 Å². The fourth-order valence-electron chi connectivity index (χ4n) is 6.18. The zero-order valence-electron chi connectivity index (χ0n) is 32.0. The zero-order chi connectivity index (χ0) is 39.1. The number of pyridine rings is 2. The SMILES string of the molecule is CC(C)=O.CC(C)N1CC(c2nc3cc(C#Cc4ccccn4)ccc3c(=O)n2C)C1.Cn1c(C2CNC2)nc2cc(C#Cc3ccccn3)ccc2c1=O. The van der Waals surface area contributed by atoms with Gasteiger partial charge in [0.05, 0.1) is 21.8 Å². The predicted molar refractivity (Wildman–Crippen MR) is 216 cm³/mol. The molecule has 11 nitrogen and oxygen atoms in total. The van der Waals surface area contributed by atoms with Crippen molar-refractivity contribution < 1.29 is 4.79 Å². The van der Waals surface area contributed by atoms with Gasteiger partial charge < -0.3 is 10.1 Å². The molecule has 0 aliphatic carbocycles. The van der Waals surface area contributed by atoms with Crippen LogP contribution >= 0.6 is 0 Å². The summed E-state index contributed by atoms with van der Waals surface area (Å²) in [5, 5.41) is 4.47. The summed E-state index contributed by atoms with van der Waals surface area (Å²) in [4.78, 5) is 55.1. The van der Waals surface area contributed by atoms with Gasteiger partial charge in [0.25, 0.3) is 11.1 Å². The number of hydrogen-bond acceptors (Lipinski definition) is 9. The molecular formula is C44H44N8O3. The summed E-state index contributed by atoms with van der Waals surface area (Å²) in [6.45, 7) is 11.1. The highest BCUT2D eigenvalue weighted by Gasteiger charge is 2.32. The molecule has 2 saturated heterocycles. The Morgan fingerprint density at radius 2 is 1.15 bits per heavy atom. The maximum atomic E-state index is 12.8. The molecule has 278 valence electrons. The number of nitrogens with one attached hydrogen (secondary N) is 1. The van der Waals surface area contributed by atoms with Gasteiger partial charge in [0, 0.05) is 81.7 Å². The number of ketones is 1. The molecule has 2 fully saturated rings. The molecule has 0 saturated carbocycles. The van der Waals surface area contributed by atoms with Crippen LogP contribution in [0.3, 0.4) is 0 Å². The predicted octanol–water partition coefficient (Wildman–Crippen LogP) is 4.55. The van der Waals surface area contributed by atoms with Crippen LogP contribution in [0.5, 0.6) is 0 Å². The number of Topliss-reactive ketones (excluding diaryl/α,β-unsaturated/α-hetero) is 1. The third kappa shape index (κ3) is 9.28. The molecule has 55 heavy (non-hydrogen) atoms. The molecule has 6 heterocycles. The van der Waals surface area contributed by atoms with Crippen LogP contribution in [0.15, 0.2) is 94.8 Å². The Balaban J connectivity index is 0.000000172. The van der Waals surface area contributed by atoms with E-state index in [0.29, 0.717) is 39.7 Å². The highest BCUT2D eigenvalue weighted by atomic mass is 16.1. The Morgan fingerprint density at radius 1 is 0.691 bits per heavy atom. The van der Waals surface area contributed by atoms with E-state index in [1.165, 1.54) is 13.8 Å². The van der Waals surface area contributed by atoms with Gasteiger partial charge in [-0.1, -0.05) is 24.0 Å². The minimum absolute atomic E-state index is 0.00207. The van der Waals surface area contributed by atoms with Gasteiger partial charge in [-0.15, -0.1) is 0 Å². The van der Waals surface area contributed by atoms with Crippen molar-refractivity contribution >= 4 is 27.6 Å². The van der Waals surface area contributed by atoms with Gasteiger partial charge >= 0.3 is 0 Å². The number of aromatic nitrogens is 6. The maximum Gasteiger partial charge on any atom is 0.261 e. The highest BCUT2D eigenvalue weighted by Crippen LogP contribution is 2.27.